The summed E-state index contributed by atoms with van der Waals surface area (Å²) >= 11 is 0. The lowest BCUT2D eigenvalue weighted by molar-refractivity contribution is 0.248. The first kappa shape index (κ1) is 13.8. The molecule has 2 aromatic rings. The third-order valence-electron chi connectivity index (χ3n) is 4.69. The normalized spacial score (nSPS) is 21.9. The van der Waals surface area contributed by atoms with Crippen molar-refractivity contribution >= 4 is 5.82 Å². The summed E-state index contributed by atoms with van der Waals surface area (Å²) in [7, 11) is 0. The molecule has 3 nitrogen and oxygen atoms in total. The number of nitrogens with zero attached hydrogens (tertiary/aromatic N) is 2. The van der Waals surface area contributed by atoms with E-state index in [1.54, 1.807) is 0 Å². The maximum absolute atomic E-state index is 4.61. The summed E-state index contributed by atoms with van der Waals surface area (Å²) in [6, 6.07) is 16.4. The van der Waals surface area contributed by atoms with Crippen LogP contribution in [0.4, 0.5) is 5.82 Å². The highest BCUT2D eigenvalue weighted by atomic mass is 15.2. The van der Waals surface area contributed by atoms with Gasteiger partial charge in [0.2, 0.25) is 0 Å². The summed E-state index contributed by atoms with van der Waals surface area (Å²) < 4.78 is 0. The molecule has 3 heteroatoms. The molecule has 2 fully saturated rings. The Morgan fingerprint density at radius 3 is 2.64 bits per heavy atom. The molecule has 0 radical (unpaired) electrons. The molecule has 0 bridgehead atoms. The van der Waals surface area contributed by atoms with E-state index in [1.165, 1.54) is 43.4 Å². The van der Waals surface area contributed by atoms with Gasteiger partial charge in [0.15, 0.2) is 0 Å². The van der Waals surface area contributed by atoms with Gasteiger partial charge in [-0.05, 0) is 49.4 Å². The maximum Gasteiger partial charge on any atom is 0.126 e. The predicted molar refractivity (Wildman–Crippen MR) is 89.7 cm³/mol. The van der Waals surface area contributed by atoms with Gasteiger partial charge in [0.1, 0.15) is 5.82 Å². The number of rotatable bonds is 5. The fraction of sp³-hybridized carbons (Fsp3) is 0.421. The fourth-order valence-corrected chi connectivity index (χ4v) is 3.34. The quantitative estimate of drug-likeness (QED) is 0.903. The third kappa shape index (κ3) is 3.14. The lowest BCUT2D eigenvalue weighted by Crippen LogP contribution is -2.22. The molecule has 1 aromatic heterocycles. The van der Waals surface area contributed by atoms with Crippen LogP contribution in [0.1, 0.15) is 42.9 Å². The van der Waals surface area contributed by atoms with E-state index in [2.05, 4.69) is 63.9 Å². The Bertz CT molecular complexity index is 604. The molecule has 2 aliphatic rings. The smallest absolute Gasteiger partial charge is 0.126 e. The van der Waals surface area contributed by atoms with Crippen LogP contribution in [0.3, 0.4) is 0 Å². The van der Waals surface area contributed by atoms with Crippen LogP contribution in [0.5, 0.6) is 0 Å². The van der Waals surface area contributed by atoms with Crippen molar-refractivity contribution in [2.45, 2.75) is 44.3 Å². The van der Waals surface area contributed by atoms with E-state index in [0.29, 0.717) is 12.1 Å². The van der Waals surface area contributed by atoms with Gasteiger partial charge < -0.3 is 5.32 Å². The van der Waals surface area contributed by atoms with Gasteiger partial charge in [-0.15, -0.1) is 0 Å². The number of benzene rings is 1. The van der Waals surface area contributed by atoms with Crippen LogP contribution in [-0.4, -0.2) is 22.5 Å². The summed E-state index contributed by atoms with van der Waals surface area (Å²) in [5.41, 5.74) is 2.75. The lowest BCUT2D eigenvalue weighted by Gasteiger charge is -2.24. The first-order chi connectivity index (χ1) is 10.9. The van der Waals surface area contributed by atoms with Gasteiger partial charge in [-0.25, -0.2) is 4.98 Å². The maximum atomic E-state index is 4.61. The molecule has 1 N–H and O–H groups in total. The Morgan fingerprint density at radius 1 is 1.05 bits per heavy atom. The largest absolute Gasteiger partial charge is 0.367 e. The molecule has 0 spiro atoms. The molecule has 0 unspecified atom stereocenters. The number of hydrogen-bond acceptors (Lipinski definition) is 3. The summed E-state index contributed by atoms with van der Waals surface area (Å²) in [6.07, 6.45) is 7.16. The Morgan fingerprint density at radius 2 is 1.91 bits per heavy atom. The van der Waals surface area contributed by atoms with Gasteiger partial charge >= 0.3 is 0 Å². The van der Waals surface area contributed by atoms with Crippen molar-refractivity contribution in [1.29, 1.82) is 0 Å². The van der Waals surface area contributed by atoms with E-state index in [-0.39, 0.29) is 0 Å². The second kappa shape index (κ2) is 6.09. The van der Waals surface area contributed by atoms with Crippen molar-refractivity contribution in [3.8, 4) is 0 Å². The zero-order valence-electron chi connectivity index (χ0n) is 12.9. The summed E-state index contributed by atoms with van der Waals surface area (Å²) in [6.45, 7) is 2.22. The lowest BCUT2D eigenvalue weighted by atomic mass is 10.1. The van der Waals surface area contributed by atoms with Crippen LogP contribution < -0.4 is 5.32 Å². The van der Waals surface area contributed by atoms with Crippen molar-refractivity contribution in [3.05, 3.63) is 59.8 Å². The minimum atomic E-state index is 0.516. The zero-order valence-corrected chi connectivity index (χ0v) is 12.9. The molecule has 22 heavy (non-hydrogen) atoms. The minimum Gasteiger partial charge on any atom is -0.367 e. The van der Waals surface area contributed by atoms with Gasteiger partial charge in [-0.2, -0.15) is 0 Å². The molecule has 2 heterocycles. The van der Waals surface area contributed by atoms with Gasteiger partial charge in [0, 0.05) is 24.8 Å². The van der Waals surface area contributed by atoms with E-state index in [9.17, 15) is 0 Å². The summed E-state index contributed by atoms with van der Waals surface area (Å²) in [4.78, 5) is 7.19. The molecule has 1 atom stereocenters. The van der Waals surface area contributed by atoms with Crippen LogP contribution >= 0.6 is 0 Å². The van der Waals surface area contributed by atoms with Crippen LogP contribution in [-0.2, 0) is 6.54 Å². The number of anilines is 1. The fourth-order valence-electron chi connectivity index (χ4n) is 3.34. The SMILES string of the molecule is c1ccc(CN2CCC[C@@H]2c2ccc(NC3CC3)nc2)cc1. The van der Waals surface area contributed by atoms with Crippen LogP contribution in [0.25, 0.3) is 0 Å². The number of pyridine rings is 1. The van der Waals surface area contributed by atoms with E-state index >= 15 is 0 Å². The second-order valence-electron chi connectivity index (χ2n) is 6.51. The molecule has 1 aromatic carbocycles. The number of likely N-dealkylation sites (tertiary alicyclic amines) is 1. The molecule has 114 valence electrons. The number of hydrogen-bond donors (Lipinski definition) is 1. The van der Waals surface area contributed by atoms with Gasteiger partial charge in [0.05, 0.1) is 0 Å². The average Bonchev–Trinajstić information content (AvgIpc) is 3.26. The summed E-state index contributed by atoms with van der Waals surface area (Å²) in [5, 5.41) is 3.46. The molecule has 1 saturated heterocycles. The van der Waals surface area contributed by atoms with Crippen molar-refractivity contribution in [3.63, 3.8) is 0 Å². The first-order valence-electron chi connectivity index (χ1n) is 8.39. The van der Waals surface area contributed by atoms with Gasteiger partial charge in [-0.1, -0.05) is 36.4 Å². The molecule has 1 saturated carbocycles. The Labute approximate surface area is 132 Å². The predicted octanol–water partition coefficient (Wildman–Crippen LogP) is 3.99. The Kier molecular flexibility index (Phi) is 3.81. The van der Waals surface area contributed by atoms with Gasteiger partial charge in [0.25, 0.3) is 0 Å². The van der Waals surface area contributed by atoms with Crippen LogP contribution in [0.15, 0.2) is 48.7 Å². The van der Waals surface area contributed by atoms with E-state index in [4.69, 9.17) is 0 Å². The van der Waals surface area contributed by atoms with Crippen molar-refractivity contribution in [2.75, 3.05) is 11.9 Å². The second-order valence-corrected chi connectivity index (χ2v) is 6.51. The highest BCUT2D eigenvalue weighted by Gasteiger charge is 2.26. The monoisotopic (exact) mass is 293 g/mol. The molecule has 4 rings (SSSR count). The van der Waals surface area contributed by atoms with Gasteiger partial charge in [-0.3, -0.25) is 4.90 Å². The molecule has 0 amide bonds. The van der Waals surface area contributed by atoms with Crippen molar-refractivity contribution in [1.82, 2.24) is 9.88 Å². The molecule has 1 aliphatic heterocycles. The van der Waals surface area contributed by atoms with E-state index < -0.39 is 0 Å². The van der Waals surface area contributed by atoms with E-state index in [0.717, 1.165) is 12.4 Å². The minimum absolute atomic E-state index is 0.516. The highest BCUT2D eigenvalue weighted by Crippen LogP contribution is 2.33. The average molecular weight is 293 g/mol. The molecular weight excluding hydrogens is 270 g/mol. The molecular formula is C19H23N3. The first-order valence-corrected chi connectivity index (χ1v) is 8.39. The van der Waals surface area contributed by atoms with Crippen molar-refractivity contribution in [2.24, 2.45) is 0 Å². The number of nitrogens with one attached hydrogen (secondary N) is 1. The zero-order chi connectivity index (χ0) is 14.8. The summed E-state index contributed by atoms with van der Waals surface area (Å²) in [5.74, 6) is 1.03. The standard InChI is InChI=1S/C19H23N3/c1-2-5-15(6-3-1)14-22-12-4-7-18(22)16-8-11-19(20-13-16)21-17-9-10-17/h1-3,5-6,8,11,13,17-18H,4,7,9-10,12,14H2,(H,20,21)/t18-/m1/s1. The number of aromatic nitrogens is 1. The third-order valence-corrected chi connectivity index (χ3v) is 4.69. The highest BCUT2D eigenvalue weighted by molar-refractivity contribution is 5.38. The topological polar surface area (TPSA) is 28.2 Å². The molecule has 1 aliphatic carbocycles. The Balaban J connectivity index is 1.45. The van der Waals surface area contributed by atoms with Crippen molar-refractivity contribution < 1.29 is 0 Å². The van der Waals surface area contributed by atoms with Crippen LogP contribution in [0, 0.1) is 0 Å². The Hall–Kier alpha value is -1.87. The van der Waals surface area contributed by atoms with Crippen LogP contribution in [0.2, 0.25) is 0 Å². The van der Waals surface area contributed by atoms with E-state index in [1.807, 2.05) is 0 Å².